The van der Waals surface area contributed by atoms with Crippen molar-refractivity contribution in [2.75, 3.05) is 11.9 Å². The molecule has 1 N–H and O–H groups in total. The second-order valence-electron chi connectivity index (χ2n) is 5.84. The first-order chi connectivity index (χ1) is 12.5. The van der Waals surface area contributed by atoms with Crippen LogP contribution < -0.4 is 5.32 Å². The summed E-state index contributed by atoms with van der Waals surface area (Å²) >= 11 is 0. The topological polar surface area (TPSA) is 95.7 Å². The number of hydrogen-bond acceptors (Lipinski definition) is 6. The van der Waals surface area contributed by atoms with Crippen LogP contribution in [0, 0.1) is 18.3 Å². The van der Waals surface area contributed by atoms with E-state index in [2.05, 4.69) is 15.3 Å². The number of nitriles is 1. The maximum absolute atomic E-state index is 13.0. The quantitative estimate of drug-likeness (QED) is 0.743. The molecule has 1 atom stereocenters. The minimum atomic E-state index is -3.93. The van der Waals surface area contributed by atoms with Gasteiger partial charge in [0.25, 0.3) is 0 Å². The van der Waals surface area contributed by atoms with E-state index in [1.807, 2.05) is 26.0 Å². The zero-order chi connectivity index (χ0) is 18.7. The first-order valence-corrected chi connectivity index (χ1v) is 9.72. The van der Waals surface area contributed by atoms with Gasteiger partial charge in [-0.25, -0.2) is 18.4 Å². The molecule has 7 heteroatoms. The molecule has 132 valence electrons. The van der Waals surface area contributed by atoms with E-state index >= 15 is 0 Å². The van der Waals surface area contributed by atoms with E-state index < -0.39 is 15.1 Å². The molecule has 1 heterocycles. The molecule has 0 bridgehead atoms. The minimum Gasteiger partial charge on any atom is -0.369 e. The molecule has 0 radical (unpaired) electrons. The Balaban J connectivity index is 2.19. The number of rotatable bonds is 5. The average molecular weight is 366 g/mol. The van der Waals surface area contributed by atoms with Crippen molar-refractivity contribution < 1.29 is 8.42 Å². The molecule has 26 heavy (non-hydrogen) atoms. The molecule has 0 aliphatic rings. The Morgan fingerprint density at radius 1 is 1.08 bits per heavy atom. The number of benzene rings is 2. The normalized spacial score (nSPS) is 12.5. The second-order valence-corrected chi connectivity index (χ2v) is 7.88. The van der Waals surface area contributed by atoms with Crippen LogP contribution in [0.3, 0.4) is 0 Å². The number of fused-ring (bicyclic) bond motifs is 1. The Morgan fingerprint density at radius 2 is 1.69 bits per heavy atom. The summed E-state index contributed by atoms with van der Waals surface area (Å²) in [5.41, 5.74) is 2.24. The molecule has 6 nitrogen and oxygen atoms in total. The number of aromatic nitrogens is 2. The van der Waals surface area contributed by atoms with Crippen LogP contribution in [0.4, 0.5) is 5.82 Å². The summed E-state index contributed by atoms with van der Waals surface area (Å²) in [5.74, 6) is 0.313. The van der Waals surface area contributed by atoms with E-state index in [0.717, 1.165) is 5.56 Å². The van der Waals surface area contributed by atoms with Crippen molar-refractivity contribution in [1.82, 2.24) is 9.97 Å². The van der Waals surface area contributed by atoms with Gasteiger partial charge in [-0.05, 0) is 38.1 Å². The molecular weight excluding hydrogens is 348 g/mol. The van der Waals surface area contributed by atoms with Crippen molar-refractivity contribution in [3.63, 3.8) is 0 Å². The van der Waals surface area contributed by atoms with Gasteiger partial charge >= 0.3 is 0 Å². The van der Waals surface area contributed by atoms with E-state index in [9.17, 15) is 13.7 Å². The molecule has 3 rings (SSSR count). The third-order valence-electron chi connectivity index (χ3n) is 3.97. The molecule has 0 spiro atoms. The monoisotopic (exact) mass is 366 g/mol. The standard InChI is InChI=1S/C19H18N4O2S/c1-3-21-19-18(22-15-6-4-5-7-16(15)23-19)17(12-20)26(24,25)14-10-8-13(2)9-11-14/h4-11,17H,3H2,1-2H3,(H,21,23). The van der Waals surface area contributed by atoms with Crippen molar-refractivity contribution in [2.45, 2.75) is 24.0 Å². The molecule has 1 unspecified atom stereocenters. The molecule has 0 amide bonds. The first-order valence-electron chi connectivity index (χ1n) is 8.18. The van der Waals surface area contributed by atoms with Gasteiger partial charge in [0.2, 0.25) is 9.84 Å². The predicted molar refractivity (Wildman–Crippen MR) is 100 cm³/mol. The third kappa shape index (κ3) is 3.24. The van der Waals surface area contributed by atoms with Crippen LogP contribution in [0.15, 0.2) is 53.4 Å². The van der Waals surface area contributed by atoms with E-state index in [-0.39, 0.29) is 10.6 Å². The Morgan fingerprint density at radius 3 is 2.27 bits per heavy atom. The van der Waals surface area contributed by atoms with Gasteiger partial charge in [-0.1, -0.05) is 29.8 Å². The number of anilines is 1. The van der Waals surface area contributed by atoms with Gasteiger partial charge in [0.05, 0.1) is 22.0 Å². The van der Waals surface area contributed by atoms with Crippen LogP contribution in [0.1, 0.15) is 23.4 Å². The SMILES string of the molecule is CCNc1nc2ccccc2nc1C(C#N)S(=O)(=O)c1ccc(C)cc1. The van der Waals surface area contributed by atoms with E-state index in [1.54, 1.807) is 30.3 Å². The van der Waals surface area contributed by atoms with Gasteiger partial charge in [-0.2, -0.15) is 5.26 Å². The van der Waals surface area contributed by atoms with Gasteiger partial charge < -0.3 is 5.32 Å². The Labute approximate surface area is 152 Å². The molecule has 1 aromatic heterocycles. The van der Waals surface area contributed by atoms with Crippen molar-refractivity contribution in [3.8, 4) is 6.07 Å². The number of sulfone groups is 1. The maximum atomic E-state index is 13.0. The van der Waals surface area contributed by atoms with Crippen LogP contribution in [-0.2, 0) is 9.84 Å². The summed E-state index contributed by atoms with van der Waals surface area (Å²) in [5, 5.41) is 11.2. The number of aryl methyl sites for hydroxylation is 1. The lowest BCUT2D eigenvalue weighted by Gasteiger charge is -2.15. The summed E-state index contributed by atoms with van der Waals surface area (Å²) < 4.78 is 26.1. The highest BCUT2D eigenvalue weighted by atomic mass is 32.2. The molecule has 3 aromatic rings. The van der Waals surface area contributed by atoms with Crippen molar-refractivity contribution in [2.24, 2.45) is 0 Å². The maximum Gasteiger partial charge on any atom is 0.200 e. The largest absolute Gasteiger partial charge is 0.369 e. The highest BCUT2D eigenvalue weighted by Crippen LogP contribution is 2.32. The van der Waals surface area contributed by atoms with Crippen molar-refractivity contribution in [1.29, 1.82) is 5.26 Å². The van der Waals surface area contributed by atoms with Crippen LogP contribution in [0.5, 0.6) is 0 Å². The number of nitrogens with one attached hydrogen (secondary N) is 1. The van der Waals surface area contributed by atoms with E-state index in [0.29, 0.717) is 23.4 Å². The summed E-state index contributed by atoms with van der Waals surface area (Å²) in [6, 6.07) is 15.5. The predicted octanol–water partition coefficient (Wildman–Crippen LogP) is 3.41. The smallest absolute Gasteiger partial charge is 0.200 e. The van der Waals surface area contributed by atoms with Gasteiger partial charge in [0, 0.05) is 6.54 Å². The highest BCUT2D eigenvalue weighted by Gasteiger charge is 2.33. The number of nitrogens with zero attached hydrogens (tertiary/aromatic N) is 3. The Hall–Kier alpha value is -2.98. The molecule has 0 saturated carbocycles. The lowest BCUT2D eigenvalue weighted by Crippen LogP contribution is -2.17. The summed E-state index contributed by atoms with van der Waals surface area (Å²) in [6.45, 7) is 4.27. The van der Waals surface area contributed by atoms with Crippen LogP contribution in [0.2, 0.25) is 0 Å². The number of para-hydroxylation sites is 2. The molecule has 0 aliphatic heterocycles. The first kappa shape index (κ1) is 17.8. The lowest BCUT2D eigenvalue weighted by molar-refractivity contribution is 0.590. The third-order valence-corrected chi connectivity index (χ3v) is 5.85. The van der Waals surface area contributed by atoms with Gasteiger partial charge in [0.1, 0.15) is 5.69 Å². The zero-order valence-corrected chi connectivity index (χ0v) is 15.3. The fourth-order valence-corrected chi connectivity index (χ4v) is 4.02. The van der Waals surface area contributed by atoms with Gasteiger partial charge in [0.15, 0.2) is 11.1 Å². The fraction of sp³-hybridized carbons (Fsp3) is 0.211. The second kappa shape index (κ2) is 7.10. The number of hydrogen-bond donors (Lipinski definition) is 1. The molecule has 2 aromatic carbocycles. The minimum absolute atomic E-state index is 0.0899. The Bertz CT molecular complexity index is 1090. The lowest BCUT2D eigenvalue weighted by atomic mass is 10.2. The molecular formula is C19H18N4O2S. The summed E-state index contributed by atoms with van der Waals surface area (Å²) in [4.78, 5) is 9.00. The van der Waals surface area contributed by atoms with Crippen molar-refractivity contribution >= 4 is 26.7 Å². The highest BCUT2D eigenvalue weighted by molar-refractivity contribution is 7.92. The zero-order valence-electron chi connectivity index (χ0n) is 14.5. The molecule has 0 saturated heterocycles. The summed E-state index contributed by atoms with van der Waals surface area (Å²) in [7, 11) is -3.93. The Kier molecular flexibility index (Phi) is 4.87. The van der Waals surface area contributed by atoms with Gasteiger partial charge in [-0.3, -0.25) is 0 Å². The van der Waals surface area contributed by atoms with Crippen LogP contribution in [-0.4, -0.2) is 24.9 Å². The van der Waals surface area contributed by atoms with E-state index in [4.69, 9.17) is 0 Å². The van der Waals surface area contributed by atoms with Gasteiger partial charge in [-0.15, -0.1) is 0 Å². The van der Waals surface area contributed by atoms with E-state index in [1.165, 1.54) is 12.1 Å². The summed E-state index contributed by atoms with van der Waals surface area (Å²) in [6.07, 6.45) is 0. The van der Waals surface area contributed by atoms with Crippen LogP contribution >= 0.6 is 0 Å². The van der Waals surface area contributed by atoms with Crippen LogP contribution in [0.25, 0.3) is 11.0 Å². The fourth-order valence-electron chi connectivity index (χ4n) is 2.64. The average Bonchev–Trinajstić information content (AvgIpc) is 2.63. The molecule has 0 aliphatic carbocycles. The van der Waals surface area contributed by atoms with Crippen molar-refractivity contribution in [3.05, 3.63) is 59.8 Å². The molecule has 0 fully saturated rings.